The summed E-state index contributed by atoms with van der Waals surface area (Å²) in [4.78, 5) is 0. The van der Waals surface area contributed by atoms with Gasteiger partial charge in [0.1, 0.15) is 0 Å². The molecule has 0 aliphatic heterocycles. The molecule has 0 aromatic rings. The first-order valence-corrected chi connectivity index (χ1v) is 4.78. The lowest BCUT2D eigenvalue weighted by atomic mass is 9.74. The Labute approximate surface area is 73.7 Å². The maximum absolute atomic E-state index is 5.74. The number of hydrogen-bond acceptors (Lipinski definition) is 3. The van der Waals surface area contributed by atoms with Crippen LogP contribution < -0.4 is 11.1 Å². The Hall–Kier alpha value is -0.120. The summed E-state index contributed by atoms with van der Waals surface area (Å²) in [6, 6.07) is 0.756. The summed E-state index contributed by atoms with van der Waals surface area (Å²) in [5, 5.41) is 3.61. The van der Waals surface area contributed by atoms with Crippen molar-refractivity contribution in [3.63, 3.8) is 0 Å². The maximum atomic E-state index is 5.74. The Morgan fingerprint density at radius 2 is 2.17 bits per heavy atom. The van der Waals surface area contributed by atoms with Crippen molar-refractivity contribution in [2.45, 2.75) is 43.4 Å². The quantitative estimate of drug-likeness (QED) is 0.635. The molecule has 3 N–H and O–H groups in total. The highest BCUT2D eigenvalue weighted by atomic mass is 16.5. The average Bonchev–Trinajstić information content (AvgIpc) is 2.79. The minimum atomic E-state index is 0.224. The number of nitrogens with one attached hydrogen (secondary N) is 1. The van der Waals surface area contributed by atoms with Crippen molar-refractivity contribution in [1.82, 2.24) is 5.32 Å². The Balaban J connectivity index is 1.81. The van der Waals surface area contributed by atoms with Gasteiger partial charge in [0.25, 0.3) is 0 Å². The van der Waals surface area contributed by atoms with Crippen molar-refractivity contribution >= 4 is 0 Å². The maximum Gasteiger partial charge on any atom is 0.0607 e. The third-order valence-electron chi connectivity index (χ3n) is 3.05. The van der Waals surface area contributed by atoms with Crippen LogP contribution >= 0.6 is 0 Å². The Bertz CT molecular complexity index is 162. The summed E-state index contributed by atoms with van der Waals surface area (Å²) in [6.45, 7) is 0.753. The van der Waals surface area contributed by atoms with E-state index < -0.39 is 0 Å². The second-order valence-corrected chi connectivity index (χ2v) is 4.17. The van der Waals surface area contributed by atoms with Crippen LogP contribution in [-0.4, -0.2) is 31.3 Å². The summed E-state index contributed by atoms with van der Waals surface area (Å²) in [5.41, 5.74) is 5.97. The van der Waals surface area contributed by atoms with Crippen LogP contribution in [0.5, 0.6) is 0 Å². The summed E-state index contributed by atoms with van der Waals surface area (Å²) in [5.74, 6) is 0. The van der Waals surface area contributed by atoms with Gasteiger partial charge in [0.2, 0.25) is 0 Å². The monoisotopic (exact) mass is 170 g/mol. The van der Waals surface area contributed by atoms with Crippen molar-refractivity contribution in [3.8, 4) is 0 Å². The molecule has 2 rings (SSSR count). The summed E-state index contributed by atoms with van der Waals surface area (Å²) >= 11 is 0. The topological polar surface area (TPSA) is 47.3 Å². The van der Waals surface area contributed by atoms with Gasteiger partial charge in [0.15, 0.2) is 0 Å². The molecule has 2 saturated carbocycles. The third-order valence-corrected chi connectivity index (χ3v) is 3.05. The zero-order chi connectivity index (χ0) is 8.60. The average molecular weight is 170 g/mol. The van der Waals surface area contributed by atoms with Crippen LogP contribution in [-0.2, 0) is 4.74 Å². The molecule has 0 amide bonds. The number of methoxy groups -OCH3 is 1. The zero-order valence-electron chi connectivity index (χ0n) is 7.68. The van der Waals surface area contributed by atoms with Crippen molar-refractivity contribution in [3.05, 3.63) is 0 Å². The molecule has 0 saturated heterocycles. The molecule has 2 fully saturated rings. The highest BCUT2D eigenvalue weighted by molar-refractivity contribution is 5.06. The van der Waals surface area contributed by atoms with Crippen LogP contribution in [0.1, 0.15) is 25.7 Å². The van der Waals surface area contributed by atoms with Gasteiger partial charge < -0.3 is 15.8 Å². The predicted octanol–water partition coefficient (Wildman–Crippen LogP) is 0.245. The zero-order valence-corrected chi connectivity index (χ0v) is 7.68. The second kappa shape index (κ2) is 2.98. The van der Waals surface area contributed by atoms with E-state index in [9.17, 15) is 0 Å². The molecule has 3 heteroatoms. The van der Waals surface area contributed by atoms with Gasteiger partial charge in [0.05, 0.1) is 6.10 Å². The van der Waals surface area contributed by atoms with Gasteiger partial charge in [-0.15, -0.1) is 0 Å². The first-order chi connectivity index (χ1) is 5.78. The fourth-order valence-corrected chi connectivity index (χ4v) is 1.98. The minimum absolute atomic E-state index is 0.224. The van der Waals surface area contributed by atoms with E-state index in [0.717, 1.165) is 25.4 Å². The van der Waals surface area contributed by atoms with Crippen molar-refractivity contribution in [2.24, 2.45) is 5.73 Å². The van der Waals surface area contributed by atoms with E-state index in [1.54, 1.807) is 7.11 Å². The van der Waals surface area contributed by atoms with E-state index in [1.165, 1.54) is 12.8 Å². The van der Waals surface area contributed by atoms with Gasteiger partial charge in [-0.2, -0.15) is 0 Å². The number of hydrogen-bond donors (Lipinski definition) is 2. The molecule has 0 unspecified atom stereocenters. The first kappa shape index (κ1) is 8.48. The van der Waals surface area contributed by atoms with Crippen molar-refractivity contribution in [1.29, 1.82) is 0 Å². The molecule has 0 aromatic carbocycles. The molecule has 3 nitrogen and oxygen atoms in total. The Morgan fingerprint density at radius 3 is 2.58 bits per heavy atom. The highest BCUT2D eigenvalue weighted by Gasteiger charge is 2.45. The van der Waals surface area contributed by atoms with E-state index >= 15 is 0 Å². The molecular weight excluding hydrogens is 152 g/mol. The van der Waals surface area contributed by atoms with E-state index in [0.29, 0.717) is 6.10 Å². The minimum Gasteiger partial charge on any atom is -0.381 e. The number of rotatable bonds is 4. The van der Waals surface area contributed by atoms with Crippen LogP contribution in [0.15, 0.2) is 0 Å². The molecule has 0 aromatic heterocycles. The van der Waals surface area contributed by atoms with Gasteiger partial charge in [-0.3, -0.25) is 0 Å². The molecule has 70 valence electrons. The van der Waals surface area contributed by atoms with Crippen LogP contribution in [0.3, 0.4) is 0 Å². The third kappa shape index (κ3) is 1.49. The summed E-state index contributed by atoms with van der Waals surface area (Å²) in [6.07, 6.45) is 5.30. The summed E-state index contributed by atoms with van der Waals surface area (Å²) in [7, 11) is 1.78. The van der Waals surface area contributed by atoms with Crippen LogP contribution in [0.4, 0.5) is 0 Å². The summed E-state index contributed by atoms with van der Waals surface area (Å²) < 4.78 is 5.25. The predicted molar refractivity (Wildman–Crippen MR) is 48.0 cm³/mol. The van der Waals surface area contributed by atoms with E-state index in [1.807, 2.05) is 0 Å². The van der Waals surface area contributed by atoms with Gasteiger partial charge in [-0.1, -0.05) is 0 Å². The van der Waals surface area contributed by atoms with Crippen molar-refractivity contribution in [2.75, 3.05) is 13.7 Å². The second-order valence-electron chi connectivity index (χ2n) is 4.17. The molecule has 2 aliphatic rings. The molecule has 12 heavy (non-hydrogen) atoms. The van der Waals surface area contributed by atoms with Gasteiger partial charge in [-0.05, 0) is 25.7 Å². The molecular formula is C9H18N2O. The highest BCUT2D eigenvalue weighted by Crippen LogP contribution is 2.36. The van der Waals surface area contributed by atoms with Crippen molar-refractivity contribution < 1.29 is 4.74 Å². The largest absolute Gasteiger partial charge is 0.381 e. The van der Waals surface area contributed by atoms with E-state index in [4.69, 9.17) is 10.5 Å². The lowest BCUT2D eigenvalue weighted by Crippen LogP contribution is -2.62. The van der Waals surface area contributed by atoms with Crippen LogP contribution in [0, 0.1) is 0 Å². The number of nitrogens with two attached hydrogens (primary N) is 1. The normalized spacial score (nSPS) is 41.0. The number of ether oxygens (including phenoxy) is 1. The molecule has 0 heterocycles. The standard InChI is InChI=1S/C9H18N2O/c1-12-8-4-9(5-8,6-10)11-7-2-3-7/h7-8,11H,2-6,10H2,1H3. The molecule has 2 aliphatic carbocycles. The molecule has 0 radical (unpaired) electrons. The van der Waals surface area contributed by atoms with E-state index in [-0.39, 0.29) is 5.54 Å². The van der Waals surface area contributed by atoms with Gasteiger partial charge in [-0.25, -0.2) is 0 Å². The van der Waals surface area contributed by atoms with E-state index in [2.05, 4.69) is 5.32 Å². The Morgan fingerprint density at radius 1 is 1.50 bits per heavy atom. The Kier molecular flexibility index (Phi) is 2.10. The van der Waals surface area contributed by atoms with Crippen LogP contribution in [0.2, 0.25) is 0 Å². The van der Waals surface area contributed by atoms with Crippen LogP contribution in [0.25, 0.3) is 0 Å². The molecule has 0 spiro atoms. The fraction of sp³-hybridized carbons (Fsp3) is 1.00. The first-order valence-electron chi connectivity index (χ1n) is 4.78. The smallest absolute Gasteiger partial charge is 0.0607 e. The lowest BCUT2D eigenvalue weighted by Gasteiger charge is -2.47. The lowest BCUT2D eigenvalue weighted by molar-refractivity contribution is -0.0272. The SMILES string of the molecule is COC1CC(CN)(NC2CC2)C1. The molecule has 0 bridgehead atoms. The fourth-order valence-electron chi connectivity index (χ4n) is 1.98. The molecule has 0 atom stereocenters. The van der Waals surface area contributed by atoms with Gasteiger partial charge in [0, 0.05) is 25.2 Å². The van der Waals surface area contributed by atoms with Gasteiger partial charge >= 0.3 is 0 Å².